The Labute approximate surface area is 164 Å². The molecule has 1 N–H and O–H groups in total. The van der Waals surface area contributed by atoms with Gasteiger partial charge in [0.2, 0.25) is 0 Å². The summed E-state index contributed by atoms with van der Waals surface area (Å²) in [5, 5.41) is 10.1. The molecule has 4 heterocycles. The number of hydrogen-bond donors (Lipinski definition) is 1. The highest BCUT2D eigenvalue weighted by Gasteiger charge is 2.42. The van der Waals surface area contributed by atoms with Crippen molar-refractivity contribution in [2.24, 2.45) is 0 Å². The topological polar surface area (TPSA) is 62.1 Å². The Balaban J connectivity index is 1.64. The quantitative estimate of drug-likeness (QED) is 0.521. The van der Waals surface area contributed by atoms with Crippen LogP contribution in [0.15, 0.2) is 64.6 Å². The van der Waals surface area contributed by atoms with E-state index in [0.717, 1.165) is 27.5 Å². The number of thiophene rings is 1. The summed E-state index contributed by atoms with van der Waals surface area (Å²) in [6.07, 6.45) is 1.62. The summed E-state index contributed by atoms with van der Waals surface area (Å²) < 4.78 is 5.48. The van der Waals surface area contributed by atoms with Gasteiger partial charge in [-0.3, -0.25) is 9.89 Å². The summed E-state index contributed by atoms with van der Waals surface area (Å²) in [6.45, 7) is 0.400. The molecule has 0 aliphatic carbocycles. The van der Waals surface area contributed by atoms with Crippen molar-refractivity contribution in [2.45, 2.75) is 12.6 Å². The maximum absolute atomic E-state index is 13.1. The molecule has 3 aromatic heterocycles. The van der Waals surface area contributed by atoms with Crippen molar-refractivity contribution in [1.29, 1.82) is 0 Å². The number of H-pyrrole nitrogens is 1. The number of carbonyl (C=O) groups is 1. The van der Waals surface area contributed by atoms with Crippen LogP contribution in [-0.4, -0.2) is 21.0 Å². The van der Waals surface area contributed by atoms with E-state index in [-0.39, 0.29) is 11.9 Å². The molecule has 0 saturated heterocycles. The average Bonchev–Trinajstić information content (AvgIpc) is 3.45. The average molecular weight is 396 g/mol. The minimum absolute atomic E-state index is 0.0764. The van der Waals surface area contributed by atoms with Gasteiger partial charge in [0.25, 0.3) is 5.91 Å². The zero-order valence-electron chi connectivity index (χ0n) is 14.1. The van der Waals surface area contributed by atoms with Crippen molar-refractivity contribution in [3.63, 3.8) is 0 Å². The number of furan rings is 1. The normalized spacial score (nSPS) is 16.1. The first-order chi connectivity index (χ1) is 13.2. The number of nitrogens with one attached hydrogen (secondary N) is 1. The highest BCUT2D eigenvalue weighted by Crippen LogP contribution is 2.44. The second-order valence-electron chi connectivity index (χ2n) is 6.30. The molecular weight excluding hydrogens is 382 g/mol. The Morgan fingerprint density at radius 3 is 2.74 bits per heavy atom. The molecule has 1 aliphatic rings. The molecule has 4 aromatic rings. The molecule has 0 radical (unpaired) electrons. The smallest absolute Gasteiger partial charge is 0.273 e. The van der Waals surface area contributed by atoms with Gasteiger partial charge in [-0.15, -0.1) is 11.3 Å². The van der Waals surface area contributed by atoms with Crippen molar-refractivity contribution >= 4 is 28.8 Å². The number of carbonyl (C=O) groups excluding carboxylic acids is 1. The molecule has 1 aromatic carbocycles. The molecule has 0 saturated carbocycles. The van der Waals surface area contributed by atoms with Gasteiger partial charge < -0.3 is 9.32 Å². The van der Waals surface area contributed by atoms with Crippen molar-refractivity contribution in [1.82, 2.24) is 15.1 Å². The summed E-state index contributed by atoms with van der Waals surface area (Å²) in [6, 6.07) is 15.0. The molecule has 5 rings (SSSR count). The molecule has 1 atom stereocenters. The molecule has 1 aliphatic heterocycles. The summed E-state index contributed by atoms with van der Waals surface area (Å²) in [4.78, 5) is 16.0. The molecule has 0 bridgehead atoms. The van der Waals surface area contributed by atoms with Crippen LogP contribution in [0.1, 0.15) is 32.7 Å². The van der Waals surface area contributed by atoms with Crippen LogP contribution in [0.25, 0.3) is 11.3 Å². The van der Waals surface area contributed by atoms with Crippen molar-refractivity contribution in [3.8, 4) is 11.3 Å². The first kappa shape index (κ1) is 16.4. The van der Waals surface area contributed by atoms with Crippen molar-refractivity contribution in [3.05, 3.63) is 87.1 Å². The number of aromatic amines is 1. The fourth-order valence-electron chi connectivity index (χ4n) is 3.50. The van der Waals surface area contributed by atoms with E-state index in [2.05, 4.69) is 10.2 Å². The van der Waals surface area contributed by atoms with Crippen LogP contribution in [0.5, 0.6) is 0 Å². The van der Waals surface area contributed by atoms with E-state index >= 15 is 0 Å². The van der Waals surface area contributed by atoms with Gasteiger partial charge in [-0.2, -0.15) is 5.10 Å². The number of halogens is 1. The molecule has 134 valence electrons. The summed E-state index contributed by atoms with van der Waals surface area (Å²) in [5.41, 5.74) is 3.13. The molecule has 27 heavy (non-hydrogen) atoms. The summed E-state index contributed by atoms with van der Waals surface area (Å²) in [5.74, 6) is 0.670. The number of hydrogen-bond acceptors (Lipinski definition) is 4. The second kappa shape index (κ2) is 6.40. The lowest BCUT2D eigenvalue weighted by Gasteiger charge is -2.24. The van der Waals surface area contributed by atoms with Crippen LogP contribution < -0.4 is 0 Å². The van der Waals surface area contributed by atoms with Crippen LogP contribution >= 0.6 is 22.9 Å². The third kappa shape index (κ3) is 2.69. The maximum Gasteiger partial charge on any atom is 0.273 e. The van der Waals surface area contributed by atoms with Crippen LogP contribution in [0.4, 0.5) is 0 Å². The van der Waals surface area contributed by atoms with Gasteiger partial charge >= 0.3 is 0 Å². The minimum atomic E-state index is -0.206. The van der Waals surface area contributed by atoms with Gasteiger partial charge in [0.15, 0.2) is 0 Å². The third-order valence-corrected chi connectivity index (χ3v) is 5.88. The van der Waals surface area contributed by atoms with E-state index in [1.165, 1.54) is 0 Å². The van der Waals surface area contributed by atoms with Gasteiger partial charge in [0, 0.05) is 21.0 Å². The molecule has 7 heteroatoms. The Kier molecular flexibility index (Phi) is 3.88. The molecule has 1 amide bonds. The van der Waals surface area contributed by atoms with E-state index in [1.54, 1.807) is 17.6 Å². The van der Waals surface area contributed by atoms with Crippen LogP contribution in [0.2, 0.25) is 5.02 Å². The molecule has 0 fully saturated rings. The third-order valence-electron chi connectivity index (χ3n) is 4.70. The van der Waals surface area contributed by atoms with Gasteiger partial charge in [-0.05, 0) is 35.7 Å². The maximum atomic E-state index is 13.1. The highest BCUT2D eigenvalue weighted by atomic mass is 35.5. The van der Waals surface area contributed by atoms with Crippen LogP contribution in [0.3, 0.4) is 0 Å². The van der Waals surface area contributed by atoms with Gasteiger partial charge in [0.05, 0.1) is 24.5 Å². The lowest BCUT2D eigenvalue weighted by molar-refractivity contribution is 0.0719. The van der Waals surface area contributed by atoms with E-state index in [9.17, 15) is 4.79 Å². The fraction of sp³-hybridized carbons (Fsp3) is 0.100. The van der Waals surface area contributed by atoms with Gasteiger partial charge in [0.1, 0.15) is 11.5 Å². The number of aromatic nitrogens is 2. The monoisotopic (exact) mass is 395 g/mol. The molecular formula is C20H14ClN3O2S. The predicted molar refractivity (Wildman–Crippen MR) is 104 cm³/mol. The van der Waals surface area contributed by atoms with Gasteiger partial charge in [-0.25, -0.2) is 0 Å². The van der Waals surface area contributed by atoms with Crippen LogP contribution in [0, 0.1) is 0 Å². The first-order valence-corrected chi connectivity index (χ1v) is 9.69. The first-order valence-electron chi connectivity index (χ1n) is 8.43. The molecule has 0 spiro atoms. The number of amides is 1. The number of rotatable bonds is 4. The molecule has 1 unspecified atom stereocenters. The zero-order chi connectivity index (χ0) is 18.4. The van der Waals surface area contributed by atoms with Gasteiger partial charge in [-0.1, -0.05) is 29.8 Å². The largest absolute Gasteiger partial charge is 0.467 e. The predicted octanol–water partition coefficient (Wildman–Crippen LogP) is 5.13. The Bertz CT molecular complexity index is 1090. The number of fused-ring (bicyclic) bond motifs is 1. The van der Waals surface area contributed by atoms with E-state index in [1.807, 2.05) is 58.8 Å². The lowest BCUT2D eigenvalue weighted by Crippen LogP contribution is -2.28. The van der Waals surface area contributed by atoms with E-state index in [0.29, 0.717) is 17.3 Å². The fourth-order valence-corrected chi connectivity index (χ4v) is 4.47. The van der Waals surface area contributed by atoms with E-state index < -0.39 is 0 Å². The second-order valence-corrected chi connectivity index (χ2v) is 7.71. The number of benzene rings is 1. The van der Waals surface area contributed by atoms with Crippen molar-refractivity contribution < 1.29 is 9.21 Å². The zero-order valence-corrected chi connectivity index (χ0v) is 15.6. The Hall–Kier alpha value is -2.83. The van der Waals surface area contributed by atoms with E-state index in [4.69, 9.17) is 16.0 Å². The number of nitrogens with zero attached hydrogens (tertiary/aromatic N) is 2. The van der Waals surface area contributed by atoms with Crippen LogP contribution in [-0.2, 0) is 6.54 Å². The lowest BCUT2D eigenvalue weighted by atomic mass is 10.0. The highest BCUT2D eigenvalue weighted by molar-refractivity contribution is 7.10. The Morgan fingerprint density at radius 1 is 1.19 bits per heavy atom. The Morgan fingerprint density at radius 2 is 2.04 bits per heavy atom. The molecule has 5 nitrogen and oxygen atoms in total. The summed E-state index contributed by atoms with van der Waals surface area (Å²) in [7, 11) is 0. The standard InChI is InChI=1S/C20H14ClN3O2S/c21-13-7-5-12(6-8-13)17-16-18(23-22-17)20(25)24(11-14-3-1-9-26-14)19(16)15-4-2-10-27-15/h1-10,19H,11H2,(H,22,23). The summed E-state index contributed by atoms with van der Waals surface area (Å²) >= 11 is 7.65. The minimum Gasteiger partial charge on any atom is -0.467 e. The SMILES string of the molecule is O=C1c2[nH]nc(-c3ccc(Cl)cc3)c2C(c2cccs2)N1Cc1ccco1. The van der Waals surface area contributed by atoms with Crippen molar-refractivity contribution in [2.75, 3.05) is 0 Å².